The molecule has 10 heteroatoms. The van der Waals surface area contributed by atoms with Crippen molar-refractivity contribution >= 4 is 11.4 Å². The van der Waals surface area contributed by atoms with Crippen LogP contribution in [0.15, 0.2) is 57.3 Å². The predicted molar refractivity (Wildman–Crippen MR) is 112 cm³/mol. The SMILES string of the molecule is CO/N=C(/C)c1cccc(C)c1CO/N=C(\C)c1cccc(-c2noc(C(F)(F)F)n2)c1. The third-order valence-corrected chi connectivity index (χ3v) is 4.65. The number of aromatic nitrogens is 2. The monoisotopic (exact) mass is 446 g/mol. The lowest BCUT2D eigenvalue weighted by molar-refractivity contribution is -0.159. The van der Waals surface area contributed by atoms with Gasteiger partial charge in [0.1, 0.15) is 13.7 Å². The van der Waals surface area contributed by atoms with E-state index < -0.39 is 12.1 Å². The summed E-state index contributed by atoms with van der Waals surface area (Å²) in [4.78, 5) is 13.8. The van der Waals surface area contributed by atoms with Gasteiger partial charge in [0.2, 0.25) is 5.82 Å². The molecule has 0 radical (unpaired) electrons. The van der Waals surface area contributed by atoms with Crippen molar-refractivity contribution in [1.29, 1.82) is 0 Å². The smallest absolute Gasteiger partial charge is 0.399 e. The molecule has 0 aliphatic heterocycles. The van der Waals surface area contributed by atoms with Crippen LogP contribution in [-0.2, 0) is 22.5 Å². The molecular formula is C22H21F3N4O3. The summed E-state index contributed by atoms with van der Waals surface area (Å²) in [5.74, 6) is -1.56. The average molecular weight is 446 g/mol. The van der Waals surface area contributed by atoms with Crippen LogP contribution in [0, 0.1) is 6.92 Å². The normalized spacial score (nSPS) is 12.7. The summed E-state index contributed by atoms with van der Waals surface area (Å²) in [5.41, 5.74) is 5.07. The Morgan fingerprint density at radius 1 is 1.06 bits per heavy atom. The lowest BCUT2D eigenvalue weighted by Crippen LogP contribution is -2.05. The van der Waals surface area contributed by atoms with Gasteiger partial charge in [-0.05, 0) is 38.0 Å². The average Bonchev–Trinajstić information content (AvgIpc) is 3.26. The van der Waals surface area contributed by atoms with Crippen molar-refractivity contribution in [3.63, 3.8) is 0 Å². The Balaban J connectivity index is 1.78. The first-order valence-electron chi connectivity index (χ1n) is 9.55. The summed E-state index contributed by atoms with van der Waals surface area (Å²) in [5, 5.41) is 11.5. The van der Waals surface area contributed by atoms with Crippen molar-refractivity contribution in [2.24, 2.45) is 10.3 Å². The first-order valence-corrected chi connectivity index (χ1v) is 9.55. The molecule has 0 bridgehead atoms. The fourth-order valence-electron chi connectivity index (χ4n) is 3.00. The minimum absolute atomic E-state index is 0.162. The van der Waals surface area contributed by atoms with Crippen molar-refractivity contribution in [3.05, 3.63) is 70.6 Å². The van der Waals surface area contributed by atoms with E-state index in [0.717, 1.165) is 16.7 Å². The molecule has 0 spiro atoms. The highest BCUT2D eigenvalue weighted by Crippen LogP contribution is 2.29. The van der Waals surface area contributed by atoms with Gasteiger partial charge in [-0.1, -0.05) is 51.9 Å². The number of oxime groups is 2. The van der Waals surface area contributed by atoms with Gasteiger partial charge < -0.3 is 14.2 Å². The molecule has 7 nitrogen and oxygen atoms in total. The van der Waals surface area contributed by atoms with E-state index in [1.165, 1.54) is 7.11 Å². The van der Waals surface area contributed by atoms with E-state index >= 15 is 0 Å². The molecule has 32 heavy (non-hydrogen) atoms. The van der Waals surface area contributed by atoms with Crippen molar-refractivity contribution < 1.29 is 27.4 Å². The fraction of sp³-hybridized carbons (Fsp3) is 0.273. The molecule has 1 aromatic heterocycles. The molecule has 0 atom stereocenters. The second-order valence-electron chi connectivity index (χ2n) is 6.91. The van der Waals surface area contributed by atoms with Gasteiger partial charge >= 0.3 is 12.1 Å². The van der Waals surface area contributed by atoms with Crippen molar-refractivity contribution in [2.75, 3.05) is 7.11 Å². The number of alkyl halides is 3. The maximum Gasteiger partial charge on any atom is 0.471 e. The third-order valence-electron chi connectivity index (χ3n) is 4.65. The highest BCUT2D eigenvalue weighted by Gasteiger charge is 2.38. The fourth-order valence-corrected chi connectivity index (χ4v) is 3.00. The number of rotatable bonds is 7. The zero-order chi connectivity index (χ0) is 23.3. The quantitative estimate of drug-likeness (QED) is 0.360. The number of aryl methyl sites for hydroxylation is 1. The first-order chi connectivity index (χ1) is 15.2. The van der Waals surface area contributed by atoms with Gasteiger partial charge in [-0.2, -0.15) is 18.2 Å². The van der Waals surface area contributed by atoms with Crippen LogP contribution in [0.5, 0.6) is 0 Å². The molecule has 1 heterocycles. The van der Waals surface area contributed by atoms with E-state index in [2.05, 4.69) is 25.0 Å². The van der Waals surface area contributed by atoms with E-state index in [9.17, 15) is 13.2 Å². The minimum atomic E-state index is -4.70. The molecular weight excluding hydrogens is 425 g/mol. The van der Waals surface area contributed by atoms with Crippen LogP contribution in [0.4, 0.5) is 13.2 Å². The standard InChI is InChI=1S/C22H21F3N4O3/c1-13-7-5-10-18(15(3)27-30-4)19(13)12-31-28-14(2)16-8-6-9-17(11-16)20-26-21(32-29-20)22(23,24)25/h5-11H,12H2,1-4H3/b27-15-,28-14+. The van der Waals surface area contributed by atoms with E-state index in [-0.39, 0.29) is 12.4 Å². The first kappa shape index (κ1) is 23.0. The van der Waals surface area contributed by atoms with Crippen molar-refractivity contribution in [3.8, 4) is 11.4 Å². The van der Waals surface area contributed by atoms with Crippen LogP contribution in [0.3, 0.4) is 0 Å². The molecule has 168 valence electrons. The van der Waals surface area contributed by atoms with Gasteiger partial charge in [0.15, 0.2) is 0 Å². The molecule has 0 aliphatic carbocycles. The largest absolute Gasteiger partial charge is 0.471 e. The molecule has 2 aromatic carbocycles. The summed E-state index contributed by atoms with van der Waals surface area (Å²) in [6.45, 7) is 5.73. The van der Waals surface area contributed by atoms with Crippen LogP contribution in [0.25, 0.3) is 11.4 Å². The van der Waals surface area contributed by atoms with Crippen LogP contribution in [-0.4, -0.2) is 28.7 Å². The Morgan fingerprint density at radius 3 is 2.50 bits per heavy atom. The van der Waals surface area contributed by atoms with Crippen molar-refractivity contribution in [2.45, 2.75) is 33.6 Å². The Kier molecular flexibility index (Phi) is 6.92. The number of hydrogen-bond acceptors (Lipinski definition) is 7. The van der Waals surface area contributed by atoms with Crippen LogP contribution in [0.2, 0.25) is 0 Å². The van der Waals surface area contributed by atoms with Gasteiger partial charge in [-0.25, -0.2) is 0 Å². The Labute approximate surface area is 182 Å². The van der Waals surface area contributed by atoms with Crippen LogP contribution >= 0.6 is 0 Å². The Bertz CT molecular complexity index is 1150. The van der Waals surface area contributed by atoms with E-state index in [1.54, 1.807) is 31.2 Å². The molecule has 0 fully saturated rings. The predicted octanol–water partition coefficient (Wildman–Crippen LogP) is 5.38. The zero-order valence-corrected chi connectivity index (χ0v) is 17.9. The third kappa shape index (κ3) is 5.32. The second kappa shape index (κ2) is 9.63. The maximum atomic E-state index is 12.7. The summed E-state index contributed by atoms with van der Waals surface area (Å²) >= 11 is 0. The van der Waals surface area contributed by atoms with Gasteiger partial charge in [0, 0.05) is 16.7 Å². The van der Waals surface area contributed by atoms with Crippen LogP contribution < -0.4 is 0 Å². The Morgan fingerprint density at radius 2 is 1.81 bits per heavy atom. The second-order valence-corrected chi connectivity index (χ2v) is 6.91. The summed E-state index contributed by atoms with van der Waals surface area (Å²) < 4.78 is 42.4. The molecule has 0 N–H and O–H groups in total. The van der Waals surface area contributed by atoms with E-state index in [0.29, 0.717) is 22.6 Å². The van der Waals surface area contributed by atoms with E-state index in [1.807, 2.05) is 32.0 Å². The molecule has 0 saturated heterocycles. The van der Waals surface area contributed by atoms with Gasteiger partial charge in [0.25, 0.3) is 0 Å². The number of benzene rings is 2. The molecule has 3 rings (SSSR count). The van der Waals surface area contributed by atoms with Crippen molar-refractivity contribution in [1.82, 2.24) is 10.1 Å². The molecule has 0 saturated carbocycles. The summed E-state index contributed by atoms with van der Waals surface area (Å²) in [6, 6.07) is 12.4. The Hall–Kier alpha value is -3.69. The van der Waals surface area contributed by atoms with E-state index in [4.69, 9.17) is 9.68 Å². The zero-order valence-electron chi connectivity index (χ0n) is 17.9. The molecule has 0 amide bonds. The summed E-state index contributed by atoms with van der Waals surface area (Å²) in [7, 11) is 1.48. The van der Waals surface area contributed by atoms with Gasteiger partial charge in [-0.3, -0.25) is 0 Å². The highest BCUT2D eigenvalue weighted by atomic mass is 19.4. The van der Waals surface area contributed by atoms with Gasteiger partial charge in [-0.15, -0.1) is 0 Å². The number of hydrogen-bond donors (Lipinski definition) is 0. The number of halogens is 3. The maximum absolute atomic E-state index is 12.7. The van der Waals surface area contributed by atoms with Gasteiger partial charge in [0.05, 0.1) is 11.4 Å². The lowest BCUT2D eigenvalue weighted by Gasteiger charge is -2.11. The number of nitrogens with zero attached hydrogens (tertiary/aromatic N) is 4. The van der Waals surface area contributed by atoms with Crippen LogP contribution in [0.1, 0.15) is 42.0 Å². The molecule has 0 unspecified atom stereocenters. The summed E-state index contributed by atoms with van der Waals surface area (Å²) in [6.07, 6.45) is -4.70. The topological polar surface area (TPSA) is 82.1 Å². The molecule has 0 aliphatic rings. The molecule has 3 aromatic rings. The lowest BCUT2D eigenvalue weighted by atomic mass is 10.00. The highest BCUT2D eigenvalue weighted by molar-refractivity contribution is 6.00. The minimum Gasteiger partial charge on any atom is -0.399 e.